The Morgan fingerprint density at radius 3 is 2.54 bits per heavy atom. The standard InChI is InChI=1S/C16H20N4O4/c1-11(21)17-8-3-9-18-14(22)10-15-19-16(20-24-15)12-4-6-13(23-2)7-5-12/h4-7H,3,8-10H2,1-2H3,(H,17,21)(H,18,22). The van der Waals surface area contributed by atoms with E-state index in [2.05, 4.69) is 20.8 Å². The van der Waals surface area contributed by atoms with Crippen LogP contribution in [0.1, 0.15) is 19.2 Å². The molecule has 8 nitrogen and oxygen atoms in total. The zero-order valence-electron chi connectivity index (χ0n) is 13.7. The van der Waals surface area contributed by atoms with Crippen LogP contribution in [0.25, 0.3) is 11.4 Å². The number of nitrogens with zero attached hydrogens (tertiary/aromatic N) is 2. The molecule has 2 amide bonds. The molecule has 8 heteroatoms. The second-order valence-electron chi connectivity index (χ2n) is 5.10. The van der Waals surface area contributed by atoms with Crippen molar-refractivity contribution in [2.45, 2.75) is 19.8 Å². The van der Waals surface area contributed by atoms with Crippen molar-refractivity contribution in [1.29, 1.82) is 0 Å². The van der Waals surface area contributed by atoms with Gasteiger partial charge in [-0.05, 0) is 30.7 Å². The van der Waals surface area contributed by atoms with Crippen molar-refractivity contribution in [2.24, 2.45) is 0 Å². The molecule has 1 aromatic carbocycles. The number of aromatic nitrogens is 2. The number of hydrogen-bond acceptors (Lipinski definition) is 6. The SMILES string of the molecule is COc1ccc(-c2noc(CC(=O)NCCCNC(C)=O)n2)cc1. The third kappa shape index (κ3) is 5.38. The number of benzene rings is 1. The molecule has 0 unspecified atom stereocenters. The Balaban J connectivity index is 1.80. The first-order valence-electron chi connectivity index (χ1n) is 7.56. The lowest BCUT2D eigenvalue weighted by Crippen LogP contribution is -2.29. The average molecular weight is 332 g/mol. The van der Waals surface area contributed by atoms with Crippen LogP contribution in [-0.4, -0.2) is 42.2 Å². The van der Waals surface area contributed by atoms with Crippen LogP contribution in [0, 0.1) is 0 Å². The Morgan fingerprint density at radius 1 is 1.17 bits per heavy atom. The molecule has 1 heterocycles. The van der Waals surface area contributed by atoms with E-state index in [1.807, 2.05) is 12.1 Å². The molecule has 2 N–H and O–H groups in total. The average Bonchev–Trinajstić information content (AvgIpc) is 3.02. The molecule has 0 atom stereocenters. The van der Waals surface area contributed by atoms with Gasteiger partial charge in [0.1, 0.15) is 12.2 Å². The molecule has 1 aromatic heterocycles. The van der Waals surface area contributed by atoms with Crippen LogP contribution in [0.2, 0.25) is 0 Å². The molecule has 0 spiro atoms. The van der Waals surface area contributed by atoms with E-state index >= 15 is 0 Å². The first kappa shape index (κ1) is 17.5. The van der Waals surface area contributed by atoms with Crippen molar-refractivity contribution in [3.8, 4) is 17.1 Å². The lowest BCUT2D eigenvalue weighted by Gasteiger charge is -2.03. The van der Waals surface area contributed by atoms with Crippen molar-refractivity contribution in [2.75, 3.05) is 20.2 Å². The van der Waals surface area contributed by atoms with Crippen LogP contribution in [0.5, 0.6) is 5.75 Å². The van der Waals surface area contributed by atoms with Gasteiger partial charge in [0.2, 0.25) is 23.5 Å². The highest BCUT2D eigenvalue weighted by Gasteiger charge is 2.12. The van der Waals surface area contributed by atoms with Crippen molar-refractivity contribution >= 4 is 11.8 Å². The lowest BCUT2D eigenvalue weighted by molar-refractivity contribution is -0.120. The maximum absolute atomic E-state index is 11.8. The highest BCUT2D eigenvalue weighted by molar-refractivity contribution is 5.77. The minimum atomic E-state index is -0.206. The smallest absolute Gasteiger partial charge is 0.236 e. The van der Waals surface area contributed by atoms with Crippen molar-refractivity contribution in [1.82, 2.24) is 20.8 Å². The highest BCUT2D eigenvalue weighted by Crippen LogP contribution is 2.19. The van der Waals surface area contributed by atoms with Gasteiger partial charge in [0, 0.05) is 25.6 Å². The molecule has 24 heavy (non-hydrogen) atoms. The Hall–Kier alpha value is -2.90. The molecule has 128 valence electrons. The first-order chi connectivity index (χ1) is 11.6. The minimum absolute atomic E-state index is 0.0172. The van der Waals surface area contributed by atoms with E-state index in [1.165, 1.54) is 6.92 Å². The fourth-order valence-corrected chi connectivity index (χ4v) is 1.96. The number of ether oxygens (including phenoxy) is 1. The molecule has 2 aromatic rings. The predicted molar refractivity (Wildman–Crippen MR) is 86.3 cm³/mol. The summed E-state index contributed by atoms with van der Waals surface area (Å²) in [4.78, 5) is 26.7. The fourth-order valence-electron chi connectivity index (χ4n) is 1.96. The fraction of sp³-hybridized carbons (Fsp3) is 0.375. The normalized spacial score (nSPS) is 10.2. The van der Waals surface area contributed by atoms with Crippen LogP contribution in [0.3, 0.4) is 0 Å². The van der Waals surface area contributed by atoms with E-state index in [-0.39, 0.29) is 24.1 Å². The number of carbonyl (C=O) groups is 2. The topological polar surface area (TPSA) is 106 Å². The monoisotopic (exact) mass is 332 g/mol. The molecular weight excluding hydrogens is 312 g/mol. The third-order valence-electron chi connectivity index (χ3n) is 3.18. The molecule has 0 fully saturated rings. The first-order valence-corrected chi connectivity index (χ1v) is 7.56. The number of rotatable bonds is 8. The van der Waals surface area contributed by atoms with Gasteiger partial charge in [-0.15, -0.1) is 0 Å². The number of amides is 2. The Morgan fingerprint density at radius 2 is 1.88 bits per heavy atom. The van der Waals surface area contributed by atoms with Crippen LogP contribution >= 0.6 is 0 Å². The van der Waals surface area contributed by atoms with Gasteiger partial charge in [-0.2, -0.15) is 4.98 Å². The van der Waals surface area contributed by atoms with E-state index in [0.29, 0.717) is 25.3 Å². The van der Waals surface area contributed by atoms with E-state index in [4.69, 9.17) is 9.26 Å². The van der Waals surface area contributed by atoms with E-state index in [1.54, 1.807) is 19.2 Å². The van der Waals surface area contributed by atoms with Crippen molar-refractivity contribution < 1.29 is 18.8 Å². The van der Waals surface area contributed by atoms with E-state index in [9.17, 15) is 9.59 Å². The van der Waals surface area contributed by atoms with Gasteiger partial charge in [-0.3, -0.25) is 9.59 Å². The Bertz CT molecular complexity index is 682. The largest absolute Gasteiger partial charge is 0.497 e. The van der Waals surface area contributed by atoms with E-state index in [0.717, 1.165) is 11.3 Å². The summed E-state index contributed by atoms with van der Waals surface area (Å²) in [7, 11) is 1.59. The maximum Gasteiger partial charge on any atom is 0.236 e. The number of hydrogen-bond donors (Lipinski definition) is 2. The van der Waals surface area contributed by atoms with Gasteiger partial charge in [0.15, 0.2) is 0 Å². The summed E-state index contributed by atoms with van der Waals surface area (Å²) >= 11 is 0. The number of carbonyl (C=O) groups excluding carboxylic acids is 2. The molecule has 2 rings (SSSR count). The van der Waals surface area contributed by atoms with Gasteiger partial charge in [0.05, 0.1) is 7.11 Å². The molecule has 0 saturated carbocycles. The lowest BCUT2D eigenvalue weighted by atomic mass is 10.2. The second kappa shape index (κ2) is 8.66. The van der Waals surface area contributed by atoms with Crippen LogP contribution in [0.15, 0.2) is 28.8 Å². The van der Waals surface area contributed by atoms with Crippen LogP contribution in [-0.2, 0) is 16.0 Å². The van der Waals surface area contributed by atoms with Gasteiger partial charge < -0.3 is 19.9 Å². The summed E-state index contributed by atoms with van der Waals surface area (Å²) < 4.78 is 10.2. The number of methoxy groups -OCH3 is 1. The maximum atomic E-state index is 11.8. The zero-order valence-corrected chi connectivity index (χ0v) is 13.7. The molecule has 0 saturated heterocycles. The zero-order chi connectivity index (χ0) is 17.4. The quantitative estimate of drug-likeness (QED) is 0.697. The van der Waals surface area contributed by atoms with Gasteiger partial charge in [-0.25, -0.2) is 0 Å². The van der Waals surface area contributed by atoms with Crippen molar-refractivity contribution in [3.63, 3.8) is 0 Å². The van der Waals surface area contributed by atoms with E-state index < -0.39 is 0 Å². The van der Waals surface area contributed by atoms with Crippen LogP contribution < -0.4 is 15.4 Å². The summed E-state index contributed by atoms with van der Waals surface area (Å²) in [5.74, 6) is 1.12. The summed E-state index contributed by atoms with van der Waals surface area (Å²) in [6.45, 7) is 2.45. The molecular formula is C16H20N4O4. The summed E-state index contributed by atoms with van der Waals surface area (Å²) in [5, 5.41) is 9.26. The molecule has 0 aliphatic carbocycles. The predicted octanol–water partition coefficient (Wildman–Crippen LogP) is 0.930. The molecule has 0 aliphatic rings. The van der Waals surface area contributed by atoms with Gasteiger partial charge in [0.25, 0.3) is 0 Å². The van der Waals surface area contributed by atoms with Crippen molar-refractivity contribution in [3.05, 3.63) is 30.2 Å². The van der Waals surface area contributed by atoms with Gasteiger partial charge in [-0.1, -0.05) is 5.16 Å². The van der Waals surface area contributed by atoms with Gasteiger partial charge >= 0.3 is 0 Å². The minimum Gasteiger partial charge on any atom is -0.497 e. The molecule has 0 bridgehead atoms. The third-order valence-corrected chi connectivity index (χ3v) is 3.18. The summed E-state index contributed by atoms with van der Waals surface area (Å²) in [6, 6.07) is 7.23. The summed E-state index contributed by atoms with van der Waals surface area (Å²) in [6.07, 6.45) is 0.676. The Labute approximate surface area is 139 Å². The highest BCUT2D eigenvalue weighted by atomic mass is 16.5. The summed E-state index contributed by atoms with van der Waals surface area (Å²) in [5.41, 5.74) is 0.779. The Kier molecular flexibility index (Phi) is 6.30. The second-order valence-corrected chi connectivity index (χ2v) is 5.10. The number of nitrogens with one attached hydrogen (secondary N) is 2. The molecule has 0 aliphatic heterocycles. The molecule has 0 radical (unpaired) electrons. The van der Waals surface area contributed by atoms with Crippen LogP contribution in [0.4, 0.5) is 0 Å².